The molecule has 0 radical (unpaired) electrons. The Morgan fingerprint density at radius 2 is 0.982 bits per heavy atom. The van der Waals surface area contributed by atoms with Gasteiger partial charge in [-0.3, -0.25) is 25.0 Å². The third-order valence-corrected chi connectivity index (χ3v) is 6.02. The van der Waals surface area contributed by atoms with Gasteiger partial charge in [0, 0.05) is 31.7 Å². The first-order valence-electron chi connectivity index (χ1n) is 14.8. The van der Waals surface area contributed by atoms with Crippen molar-refractivity contribution in [3.63, 3.8) is 0 Å². The number of methoxy groups -OCH3 is 2. The topological polar surface area (TPSA) is 261 Å². The van der Waals surface area contributed by atoms with Crippen LogP contribution in [0.1, 0.15) is 1.43 Å². The minimum absolute atomic E-state index is 0. The molecule has 0 fully saturated rings. The minimum atomic E-state index is -0.515. The average Bonchev–Trinajstić information content (AvgIpc) is 3.17. The maximum absolute atomic E-state index is 10.9. The van der Waals surface area contributed by atoms with Gasteiger partial charge in [-0.05, 0) is 36.4 Å². The van der Waals surface area contributed by atoms with Crippen LogP contribution in [0.2, 0.25) is 0 Å². The number of carbonyl (C=O) groups is 1. The third-order valence-electron chi connectivity index (χ3n) is 5.70. The number of carbonyl (C=O) groups excluding carboxylic acids is 1. The molecule has 4 rings (SSSR count). The fourth-order valence-electron chi connectivity index (χ4n) is 3.52. The number of nitro benzene ring substituents is 2. The van der Waals surface area contributed by atoms with E-state index in [2.05, 4.69) is 25.6 Å². The van der Waals surface area contributed by atoms with Gasteiger partial charge in [0.25, 0.3) is 6.47 Å². The van der Waals surface area contributed by atoms with Crippen LogP contribution in [0, 0.1) is 20.2 Å². The number of ether oxygens (including phenoxy) is 7. The normalized spacial score (nSPS) is 9.24. The zero-order valence-electron chi connectivity index (χ0n) is 31.2. The van der Waals surface area contributed by atoms with Crippen LogP contribution in [0.25, 0.3) is 0 Å². The minimum Gasteiger partial charge on any atom is -1.00 e. The Morgan fingerprint density at radius 3 is 1.40 bits per heavy atom. The van der Waals surface area contributed by atoms with Gasteiger partial charge in [-0.1, -0.05) is 52.3 Å². The molecule has 0 aliphatic heterocycles. The zero-order chi connectivity index (χ0) is 39.4. The zero-order valence-corrected chi connectivity index (χ0v) is 38.1. The fourth-order valence-corrected chi connectivity index (χ4v) is 3.68. The van der Waals surface area contributed by atoms with Gasteiger partial charge in [-0.25, -0.2) is 0 Å². The Bertz CT molecular complexity index is 1700. The van der Waals surface area contributed by atoms with Gasteiger partial charge < -0.3 is 60.0 Å². The molecular weight excluding hydrogens is 854 g/mol. The number of phenols is 3. The Morgan fingerprint density at radius 1 is 0.618 bits per heavy atom. The van der Waals surface area contributed by atoms with E-state index in [1.807, 2.05) is 0 Å². The Kier molecular flexibility index (Phi) is 32.9. The predicted octanol–water partition coefficient (Wildman–Crippen LogP) is -1.25. The maximum atomic E-state index is 10.9. The summed E-state index contributed by atoms with van der Waals surface area (Å²) < 4.78 is 35.4. The summed E-state index contributed by atoms with van der Waals surface area (Å²) in [6.45, 7) is 0.445. The molecule has 0 atom stereocenters. The SMILES string of the molecule is COCOc1cccc(O)c1O.COCOc1cccc(OCCOc2ccccc2[N+](=O)[O-])c1O.O=CO[O-].O=[N+]([O-])c1ccccc1OCCBr.[H-].[K+].[K+]. The van der Waals surface area contributed by atoms with E-state index in [1.54, 1.807) is 54.6 Å². The van der Waals surface area contributed by atoms with E-state index in [0.717, 1.165) is 0 Å². The second-order valence-corrected chi connectivity index (χ2v) is 10.00. The van der Waals surface area contributed by atoms with Gasteiger partial charge >= 0.3 is 114 Å². The van der Waals surface area contributed by atoms with Crippen LogP contribution in [0.5, 0.6) is 46.0 Å². The van der Waals surface area contributed by atoms with Crippen molar-refractivity contribution in [3.8, 4) is 46.0 Å². The quantitative estimate of drug-likeness (QED) is 0.0129. The maximum Gasteiger partial charge on any atom is 1.00 e. The van der Waals surface area contributed by atoms with Crippen molar-refractivity contribution in [2.24, 2.45) is 0 Å². The van der Waals surface area contributed by atoms with E-state index in [4.69, 9.17) is 43.6 Å². The van der Waals surface area contributed by atoms with Crippen molar-refractivity contribution < 1.29 is 177 Å². The Hall–Kier alpha value is -2.82. The van der Waals surface area contributed by atoms with Gasteiger partial charge in [-0.2, -0.15) is 0 Å². The van der Waals surface area contributed by atoms with Crippen LogP contribution < -0.4 is 132 Å². The van der Waals surface area contributed by atoms with E-state index in [-0.39, 0.29) is 189 Å². The summed E-state index contributed by atoms with van der Waals surface area (Å²) in [7, 11) is 2.94. The summed E-state index contributed by atoms with van der Waals surface area (Å²) in [5, 5.41) is 58.7. The second kappa shape index (κ2) is 33.3. The molecule has 0 bridgehead atoms. The monoisotopic (exact) mass is 890 g/mol. The van der Waals surface area contributed by atoms with Gasteiger partial charge in [-0.15, -0.1) is 0 Å². The molecule has 4 aromatic carbocycles. The summed E-state index contributed by atoms with van der Waals surface area (Å²) in [6.07, 6.45) is 0. The third kappa shape index (κ3) is 21.9. The number of benzene rings is 4. The van der Waals surface area contributed by atoms with Crippen LogP contribution in [-0.2, 0) is 19.2 Å². The van der Waals surface area contributed by atoms with Crippen LogP contribution in [0.4, 0.5) is 11.4 Å². The first kappa shape index (κ1) is 54.3. The fraction of sp³-hybridized carbons (Fsp3) is 0.242. The largest absolute Gasteiger partial charge is 1.00 e. The smallest absolute Gasteiger partial charge is 1.00 e. The molecule has 22 heteroatoms. The van der Waals surface area contributed by atoms with Crippen molar-refractivity contribution in [1.82, 2.24) is 0 Å². The molecule has 0 unspecified atom stereocenters. The average molecular weight is 892 g/mol. The molecule has 0 aliphatic carbocycles. The molecular formula is C33H37BrK2N2O17. The van der Waals surface area contributed by atoms with E-state index in [9.17, 15) is 30.4 Å². The molecule has 0 saturated carbocycles. The standard InChI is InChI=1S/C16H17NO7.C8H8BrNO3.C8H10O4.CH2O3.2K.H/c1-21-11-24-15-8-4-7-14(16(15)18)23-10-9-22-13-6-3-2-5-12(13)17(19)20;9-5-6-13-8-4-2-1-3-7(8)10(11)12;1-11-5-12-7-4-2-3-6(9)8(7)10;2-1-4-3;;;/h2-8,18H,9-11H2,1H3;1-4H,5-6H2;2-4,9-10H,5H2,1H3;1,3H;;;/q;;;;2*+1;-1/p-1. The van der Waals surface area contributed by atoms with E-state index in [0.29, 0.717) is 17.7 Å². The number of para-hydroxylation sites is 6. The van der Waals surface area contributed by atoms with Crippen LogP contribution in [0.15, 0.2) is 84.9 Å². The Labute approximate surface area is 410 Å². The van der Waals surface area contributed by atoms with E-state index >= 15 is 0 Å². The van der Waals surface area contributed by atoms with E-state index in [1.165, 1.54) is 44.6 Å². The molecule has 0 spiro atoms. The number of alkyl halides is 1. The number of nitro groups is 2. The molecule has 4 aromatic rings. The molecule has 55 heavy (non-hydrogen) atoms. The number of rotatable bonds is 17. The van der Waals surface area contributed by atoms with Gasteiger partial charge in [0.15, 0.2) is 48.1 Å². The number of hydrogen-bond donors (Lipinski definition) is 3. The molecule has 0 amide bonds. The summed E-state index contributed by atoms with van der Waals surface area (Å²) in [5.41, 5.74) is -0.112. The molecule has 19 nitrogen and oxygen atoms in total. The number of nitrogens with zero attached hydrogens (tertiary/aromatic N) is 2. The molecule has 3 N–H and O–H groups in total. The van der Waals surface area contributed by atoms with Crippen molar-refractivity contribution >= 4 is 33.8 Å². The van der Waals surface area contributed by atoms with Crippen LogP contribution in [-0.4, -0.2) is 84.6 Å². The van der Waals surface area contributed by atoms with Crippen LogP contribution >= 0.6 is 15.9 Å². The molecule has 0 aliphatic rings. The first-order chi connectivity index (χ1) is 25.6. The molecule has 0 aromatic heterocycles. The Balaban J connectivity index is -0.000000749. The first-order valence-corrected chi connectivity index (χ1v) is 15.9. The number of aromatic hydroxyl groups is 3. The van der Waals surface area contributed by atoms with Gasteiger partial charge in [0.05, 0.1) is 16.5 Å². The number of phenolic OH excluding ortho intramolecular Hbond substituents is 3. The van der Waals surface area contributed by atoms with Crippen LogP contribution in [0.3, 0.4) is 0 Å². The van der Waals surface area contributed by atoms with E-state index < -0.39 is 9.85 Å². The van der Waals surface area contributed by atoms with Crippen molar-refractivity contribution in [1.29, 1.82) is 0 Å². The summed E-state index contributed by atoms with van der Waals surface area (Å²) >= 11 is 3.17. The van der Waals surface area contributed by atoms with Crippen molar-refractivity contribution in [2.45, 2.75) is 0 Å². The van der Waals surface area contributed by atoms with Gasteiger partial charge in [0.1, 0.15) is 13.2 Å². The summed E-state index contributed by atoms with van der Waals surface area (Å²) in [6, 6.07) is 21.7. The second-order valence-electron chi connectivity index (χ2n) is 9.20. The molecule has 0 saturated heterocycles. The molecule has 290 valence electrons. The number of halogens is 1. The predicted molar refractivity (Wildman–Crippen MR) is 188 cm³/mol. The summed E-state index contributed by atoms with van der Waals surface area (Å²) in [5.74, 6) is 0.499. The van der Waals surface area contributed by atoms with Crippen molar-refractivity contribution in [3.05, 3.63) is 105 Å². The molecule has 0 heterocycles. The van der Waals surface area contributed by atoms with Gasteiger partial charge in [0.2, 0.25) is 11.5 Å². The van der Waals surface area contributed by atoms with Crippen molar-refractivity contribution in [2.75, 3.05) is 53.0 Å². The summed E-state index contributed by atoms with van der Waals surface area (Å²) in [4.78, 5) is 31.7. The number of hydrogen-bond acceptors (Lipinski definition) is 17.